The minimum Gasteiger partial charge on any atom is -0.452 e. The third-order valence-corrected chi connectivity index (χ3v) is 7.35. The first-order chi connectivity index (χ1) is 15.8. The highest BCUT2D eigenvalue weighted by Gasteiger charge is 2.48. The number of imidazole rings is 1. The number of anilines is 2. The van der Waals surface area contributed by atoms with E-state index in [9.17, 15) is 4.79 Å². The highest BCUT2D eigenvalue weighted by molar-refractivity contribution is 6.36. The lowest BCUT2D eigenvalue weighted by molar-refractivity contribution is -0.166. The van der Waals surface area contributed by atoms with Crippen LogP contribution in [0.1, 0.15) is 31.7 Å². The summed E-state index contributed by atoms with van der Waals surface area (Å²) in [5.74, 6) is 0.610. The maximum atomic E-state index is 12.5. The quantitative estimate of drug-likeness (QED) is 0.363. The summed E-state index contributed by atoms with van der Waals surface area (Å²) in [6, 6.07) is 9.26. The van der Waals surface area contributed by atoms with Crippen LogP contribution in [-0.2, 0) is 26.4 Å². The molecule has 0 spiro atoms. The van der Waals surface area contributed by atoms with Crippen LogP contribution in [0.15, 0.2) is 30.3 Å². The molecular weight excluding hydrogens is 485 g/mol. The van der Waals surface area contributed by atoms with Crippen molar-refractivity contribution in [3.63, 3.8) is 0 Å². The molecule has 1 aliphatic carbocycles. The lowest BCUT2D eigenvalue weighted by atomic mass is 9.89. The zero-order valence-electron chi connectivity index (χ0n) is 18.4. The third kappa shape index (κ3) is 3.97. The molecule has 0 saturated heterocycles. The Kier molecular flexibility index (Phi) is 5.98. The number of carbonyl (C=O) groups excluding carboxylic acids is 1. The molecule has 1 fully saturated rings. The molecule has 0 bridgehead atoms. The fourth-order valence-corrected chi connectivity index (χ4v) is 5.51. The molecule has 1 aliphatic heterocycles. The van der Waals surface area contributed by atoms with E-state index in [0.717, 1.165) is 55.1 Å². The van der Waals surface area contributed by atoms with Crippen molar-refractivity contribution < 1.29 is 14.3 Å². The second-order valence-corrected chi connectivity index (χ2v) is 10.00. The van der Waals surface area contributed by atoms with Gasteiger partial charge < -0.3 is 18.9 Å². The van der Waals surface area contributed by atoms with Crippen molar-refractivity contribution in [2.45, 2.75) is 38.3 Å². The lowest BCUT2D eigenvalue weighted by Gasteiger charge is -2.33. The summed E-state index contributed by atoms with van der Waals surface area (Å²) in [5, 5.41) is 1.70. The van der Waals surface area contributed by atoms with Crippen LogP contribution in [-0.4, -0.2) is 35.8 Å². The van der Waals surface area contributed by atoms with Crippen LogP contribution in [0.25, 0.3) is 11.0 Å². The van der Waals surface area contributed by atoms with E-state index in [1.807, 2.05) is 31.2 Å². The van der Waals surface area contributed by atoms with Gasteiger partial charge in [-0.15, -0.1) is 0 Å². The Morgan fingerprint density at radius 2 is 1.94 bits per heavy atom. The van der Waals surface area contributed by atoms with Gasteiger partial charge in [0.25, 0.3) is 0 Å². The van der Waals surface area contributed by atoms with Gasteiger partial charge >= 0.3 is 5.97 Å². The van der Waals surface area contributed by atoms with Crippen molar-refractivity contribution in [2.75, 3.05) is 25.2 Å². The molecule has 2 heterocycles. The van der Waals surface area contributed by atoms with E-state index in [2.05, 4.69) is 9.47 Å². The van der Waals surface area contributed by atoms with Crippen molar-refractivity contribution in [3.8, 4) is 0 Å². The van der Waals surface area contributed by atoms with Crippen molar-refractivity contribution >= 4 is 63.4 Å². The molecule has 174 valence electrons. The Morgan fingerprint density at radius 3 is 2.64 bits per heavy atom. The SMILES string of the molecule is COCC(=O)OC(C)(c1ccc(Cl)c2nc3n(c12)CCCN3c1ccc(Cl)cc1Cl)C1CC1. The van der Waals surface area contributed by atoms with E-state index >= 15 is 0 Å². The van der Waals surface area contributed by atoms with Gasteiger partial charge in [0.2, 0.25) is 5.95 Å². The monoisotopic (exact) mass is 507 g/mol. The first kappa shape index (κ1) is 22.8. The number of fused-ring (bicyclic) bond motifs is 3. The number of aryl methyl sites for hydroxylation is 1. The minimum atomic E-state index is -0.796. The maximum Gasteiger partial charge on any atom is 0.332 e. The number of carbonyl (C=O) groups is 1. The fraction of sp³-hybridized carbons (Fsp3) is 0.417. The number of esters is 1. The number of rotatable bonds is 6. The van der Waals surface area contributed by atoms with Crippen molar-refractivity contribution in [1.82, 2.24) is 9.55 Å². The smallest absolute Gasteiger partial charge is 0.332 e. The Bertz CT molecular complexity index is 1240. The lowest BCUT2D eigenvalue weighted by Crippen LogP contribution is -2.34. The van der Waals surface area contributed by atoms with Gasteiger partial charge in [-0.25, -0.2) is 9.78 Å². The predicted molar refractivity (Wildman–Crippen MR) is 131 cm³/mol. The van der Waals surface area contributed by atoms with E-state index in [0.29, 0.717) is 20.6 Å². The number of methoxy groups -OCH3 is 1. The molecule has 9 heteroatoms. The zero-order chi connectivity index (χ0) is 23.3. The molecule has 0 N–H and O–H groups in total. The predicted octanol–water partition coefficient (Wildman–Crippen LogP) is 6.35. The van der Waals surface area contributed by atoms with Crippen molar-refractivity contribution in [1.29, 1.82) is 0 Å². The Labute approximate surface area is 207 Å². The summed E-state index contributed by atoms with van der Waals surface area (Å²) in [4.78, 5) is 19.5. The molecule has 0 amide bonds. The minimum absolute atomic E-state index is 0.0909. The van der Waals surface area contributed by atoms with Gasteiger partial charge in [0.1, 0.15) is 17.7 Å². The van der Waals surface area contributed by atoms with Crippen LogP contribution in [0, 0.1) is 5.92 Å². The van der Waals surface area contributed by atoms with Gasteiger partial charge in [-0.2, -0.15) is 0 Å². The summed E-state index contributed by atoms with van der Waals surface area (Å²) in [5.41, 5.74) is 2.54. The largest absolute Gasteiger partial charge is 0.452 e. The Morgan fingerprint density at radius 1 is 1.15 bits per heavy atom. The Hall–Kier alpha value is -1.99. The molecule has 0 radical (unpaired) electrons. The molecule has 2 aromatic carbocycles. The van der Waals surface area contributed by atoms with E-state index in [4.69, 9.17) is 49.3 Å². The van der Waals surface area contributed by atoms with Gasteiger partial charge in [0.05, 0.1) is 21.2 Å². The topological polar surface area (TPSA) is 56.6 Å². The maximum absolute atomic E-state index is 12.5. The molecule has 6 nitrogen and oxygen atoms in total. The van der Waals surface area contributed by atoms with Gasteiger partial charge in [-0.05, 0) is 50.5 Å². The number of aromatic nitrogens is 2. The highest BCUT2D eigenvalue weighted by atomic mass is 35.5. The number of benzene rings is 2. The van der Waals surface area contributed by atoms with E-state index in [-0.39, 0.29) is 18.5 Å². The molecule has 1 saturated carbocycles. The van der Waals surface area contributed by atoms with Crippen molar-refractivity contribution in [2.24, 2.45) is 5.92 Å². The molecule has 5 rings (SSSR count). The van der Waals surface area contributed by atoms with Gasteiger partial charge in [0.15, 0.2) is 0 Å². The van der Waals surface area contributed by atoms with Crippen LogP contribution in [0.3, 0.4) is 0 Å². The Balaban J connectivity index is 1.68. The molecule has 1 atom stereocenters. The molecule has 3 aromatic rings. The van der Waals surface area contributed by atoms with E-state index in [1.165, 1.54) is 7.11 Å². The number of hydrogen-bond donors (Lipinski definition) is 0. The second-order valence-electron chi connectivity index (χ2n) is 8.74. The molecule has 2 aliphatic rings. The number of nitrogens with zero attached hydrogens (tertiary/aromatic N) is 3. The standard InChI is InChI=1S/C24H24Cl3N3O3/c1-24(14-4-5-14,33-20(31)13-32-2)16-7-8-17(26)21-22(16)30-11-3-10-29(23(30)28-21)19-9-6-15(25)12-18(19)27/h6-9,12,14H,3-5,10-11,13H2,1-2H3. The summed E-state index contributed by atoms with van der Waals surface area (Å²) in [7, 11) is 1.49. The van der Waals surface area contributed by atoms with Gasteiger partial charge in [-0.1, -0.05) is 40.9 Å². The van der Waals surface area contributed by atoms with Crippen LogP contribution < -0.4 is 4.90 Å². The summed E-state index contributed by atoms with van der Waals surface area (Å²) < 4.78 is 13.2. The summed E-state index contributed by atoms with van der Waals surface area (Å²) in [6.07, 6.45) is 2.88. The highest BCUT2D eigenvalue weighted by Crippen LogP contribution is 2.51. The molecule has 1 aromatic heterocycles. The van der Waals surface area contributed by atoms with Crippen LogP contribution in [0.4, 0.5) is 11.6 Å². The molecule has 1 unspecified atom stereocenters. The summed E-state index contributed by atoms with van der Waals surface area (Å²) >= 11 is 19.3. The second kappa shape index (κ2) is 8.66. The average molecular weight is 509 g/mol. The number of halogens is 3. The van der Waals surface area contributed by atoms with Crippen molar-refractivity contribution in [3.05, 3.63) is 51.0 Å². The normalized spacial score (nSPS) is 17.7. The van der Waals surface area contributed by atoms with Crippen LogP contribution in [0.5, 0.6) is 0 Å². The zero-order valence-corrected chi connectivity index (χ0v) is 20.7. The van der Waals surface area contributed by atoms with Gasteiger partial charge in [-0.3, -0.25) is 0 Å². The fourth-order valence-electron chi connectivity index (χ4n) is 4.80. The van der Waals surface area contributed by atoms with Crippen LogP contribution >= 0.6 is 34.8 Å². The number of ether oxygens (including phenoxy) is 2. The third-order valence-electron chi connectivity index (χ3n) is 6.51. The first-order valence-electron chi connectivity index (χ1n) is 11.0. The first-order valence-corrected chi connectivity index (χ1v) is 12.1. The average Bonchev–Trinajstić information content (AvgIpc) is 3.55. The van der Waals surface area contributed by atoms with E-state index in [1.54, 1.807) is 6.07 Å². The van der Waals surface area contributed by atoms with Gasteiger partial charge in [0, 0.05) is 36.7 Å². The van der Waals surface area contributed by atoms with E-state index < -0.39 is 5.60 Å². The summed E-state index contributed by atoms with van der Waals surface area (Å²) in [6.45, 7) is 3.43. The van der Waals surface area contributed by atoms with Crippen LogP contribution in [0.2, 0.25) is 15.1 Å². The molecule has 33 heavy (non-hydrogen) atoms. The molecular formula is C24H24Cl3N3O3. The number of hydrogen-bond acceptors (Lipinski definition) is 5.